The number of hydrogen-bond donors (Lipinski definition) is 1. The number of carbonyl (C=O) groups excluding carboxylic acids is 2. The predicted molar refractivity (Wildman–Crippen MR) is 117 cm³/mol. The average Bonchev–Trinajstić information content (AvgIpc) is 3.28. The lowest BCUT2D eigenvalue weighted by Crippen LogP contribution is -2.28. The molecule has 0 aromatic heterocycles. The van der Waals surface area contributed by atoms with Crippen LogP contribution in [0.4, 0.5) is 5.69 Å². The zero-order valence-electron chi connectivity index (χ0n) is 16.5. The number of benzene rings is 2. The number of anilines is 1. The van der Waals surface area contributed by atoms with E-state index in [2.05, 4.69) is 9.46 Å². The maximum atomic E-state index is 12.9. The highest BCUT2D eigenvalue weighted by molar-refractivity contribution is 7.98. The van der Waals surface area contributed by atoms with Crippen LogP contribution in [-0.2, 0) is 14.8 Å². The van der Waals surface area contributed by atoms with E-state index < -0.39 is 16.0 Å². The SMILES string of the molecule is COC(=O)c1cc(NS(=O)(=O)c2ccc(SC)c(C(=O)N3CCCC3)c2)ccc1Cl. The molecule has 0 radical (unpaired) electrons. The summed E-state index contributed by atoms with van der Waals surface area (Å²) in [5.74, 6) is -0.850. The van der Waals surface area contributed by atoms with Gasteiger partial charge in [0.15, 0.2) is 0 Å². The van der Waals surface area contributed by atoms with Crippen molar-refractivity contribution in [1.82, 2.24) is 4.90 Å². The van der Waals surface area contributed by atoms with E-state index in [0.29, 0.717) is 23.5 Å². The molecule has 0 saturated carbocycles. The summed E-state index contributed by atoms with van der Waals surface area (Å²) in [6.45, 7) is 1.34. The van der Waals surface area contributed by atoms with Crippen molar-refractivity contribution >= 4 is 50.9 Å². The summed E-state index contributed by atoms with van der Waals surface area (Å²) in [6.07, 6.45) is 3.72. The molecule has 1 amide bonds. The molecule has 0 atom stereocenters. The van der Waals surface area contributed by atoms with E-state index in [1.807, 2.05) is 6.26 Å². The quantitative estimate of drug-likeness (QED) is 0.510. The second kappa shape index (κ2) is 9.28. The number of likely N-dealkylation sites (tertiary alicyclic amines) is 1. The van der Waals surface area contributed by atoms with Gasteiger partial charge in [0.2, 0.25) is 0 Å². The Morgan fingerprint density at radius 2 is 1.80 bits per heavy atom. The van der Waals surface area contributed by atoms with Crippen molar-refractivity contribution in [2.24, 2.45) is 0 Å². The van der Waals surface area contributed by atoms with Gasteiger partial charge >= 0.3 is 5.97 Å². The number of methoxy groups -OCH3 is 1. The monoisotopic (exact) mass is 468 g/mol. The normalized spacial score (nSPS) is 13.9. The van der Waals surface area contributed by atoms with Gasteiger partial charge in [0, 0.05) is 23.7 Å². The van der Waals surface area contributed by atoms with Crippen LogP contribution in [0.2, 0.25) is 5.02 Å². The molecule has 7 nitrogen and oxygen atoms in total. The van der Waals surface area contributed by atoms with Crippen molar-refractivity contribution in [2.45, 2.75) is 22.6 Å². The van der Waals surface area contributed by atoms with Crippen LogP contribution in [0.15, 0.2) is 46.2 Å². The summed E-state index contributed by atoms with van der Waals surface area (Å²) in [6, 6.07) is 8.63. The van der Waals surface area contributed by atoms with Crippen LogP contribution in [0.5, 0.6) is 0 Å². The summed E-state index contributed by atoms with van der Waals surface area (Å²) >= 11 is 7.37. The van der Waals surface area contributed by atoms with Gasteiger partial charge in [-0.3, -0.25) is 9.52 Å². The number of rotatable bonds is 6. The Kier molecular flexibility index (Phi) is 6.95. The van der Waals surface area contributed by atoms with Crippen molar-refractivity contribution in [2.75, 3.05) is 31.2 Å². The summed E-state index contributed by atoms with van der Waals surface area (Å²) in [5, 5.41) is 0.146. The van der Waals surface area contributed by atoms with Gasteiger partial charge in [0.05, 0.1) is 28.2 Å². The maximum Gasteiger partial charge on any atom is 0.339 e. The molecule has 0 unspecified atom stereocenters. The maximum absolute atomic E-state index is 12.9. The fourth-order valence-electron chi connectivity index (χ4n) is 3.18. The second-order valence-electron chi connectivity index (χ2n) is 6.65. The summed E-state index contributed by atoms with van der Waals surface area (Å²) in [5.41, 5.74) is 0.557. The van der Waals surface area contributed by atoms with E-state index in [9.17, 15) is 18.0 Å². The molecule has 160 valence electrons. The van der Waals surface area contributed by atoms with E-state index >= 15 is 0 Å². The highest BCUT2D eigenvalue weighted by Gasteiger charge is 2.25. The van der Waals surface area contributed by atoms with Crippen LogP contribution in [-0.4, -0.2) is 51.6 Å². The van der Waals surface area contributed by atoms with Crippen LogP contribution in [0.1, 0.15) is 33.6 Å². The minimum Gasteiger partial charge on any atom is -0.465 e. The first-order chi connectivity index (χ1) is 14.3. The number of esters is 1. The zero-order valence-corrected chi connectivity index (χ0v) is 18.9. The molecule has 1 aliphatic heterocycles. The van der Waals surface area contributed by atoms with Gasteiger partial charge < -0.3 is 9.64 Å². The number of carbonyl (C=O) groups is 2. The van der Waals surface area contributed by atoms with Crippen LogP contribution >= 0.6 is 23.4 Å². The molecule has 1 heterocycles. The van der Waals surface area contributed by atoms with Gasteiger partial charge in [-0.2, -0.15) is 0 Å². The molecule has 2 aromatic carbocycles. The lowest BCUT2D eigenvalue weighted by molar-refractivity contribution is 0.0600. The van der Waals surface area contributed by atoms with E-state index in [0.717, 1.165) is 12.8 Å². The van der Waals surface area contributed by atoms with Crippen molar-refractivity contribution in [3.8, 4) is 0 Å². The average molecular weight is 469 g/mol. The molecular formula is C20H21ClN2O5S2. The predicted octanol–water partition coefficient (Wildman–Crippen LogP) is 3.89. The third-order valence-corrected chi connectivity index (χ3v) is 7.23. The second-order valence-corrected chi connectivity index (χ2v) is 9.59. The Morgan fingerprint density at radius 3 is 2.43 bits per heavy atom. The molecule has 3 rings (SSSR count). The molecule has 0 bridgehead atoms. The van der Waals surface area contributed by atoms with Crippen LogP contribution in [0.25, 0.3) is 0 Å². The zero-order chi connectivity index (χ0) is 21.9. The summed E-state index contributed by atoms with van der Waals surface area (Å²) < 4.78 is 33.0. The molecule has 1 fully saturated rings. The van der Waals surface area contributed by atoms with Gasteiger partial charge in [-0.25, -0.2) is 13.2 Å². The molecule has 1 aliphatic rings. The molecular weight excluding hydrogens is 448 g/mol. The molecule has 0 aliphatic carbocycles. The van der Waals surface area contributed by atoms with Crippen molar-refractivity contribution in [1.29, 1.82) is 0 Å². The van der Waals surface area contributed by atoms with Crippen molar-refractivity contribution < 1.29 is 22.7 Å². The Morgan fingerprint density at radius 1 is 1.10 bits per heavy atom. The lowest BCUT2D eigenvalue weighted by Gasteiger charge is -2.18. The van der Waals surface area contributed by atoms with Crippen LogP contribution in [0, 0.1) is 0 Å². The topological polar surface area (TPSA) is 92.8 Å². The highest BCUT2D eigenvalue weighted by atomic mass is 35.5. The number of nitrogens with one attached hydrogen (secondary N) is 1. The van der Waals surface area contributed by atoms with E-state index in [1.54, 1.807) is 11.0 Å². The highest BCUT2D eigenvalue weighted by Crippen LogP contribution is 2.28. The van der Waals surface area contributed by atoms with Crippen LogP contribution < -0.4 is 4.72 Å². The van der Waals surface area contributed by atoms with Gasteiger partial charge in [-0.1, -0.05) is 11.6 Å². The standard InChI is InChI=1S/C20H21ClN2O5S2/c1-28-20(25)15-11-13(5-7-17(15)21)22-30(26,27)14-6-8-18(29-2)16(12-14)19(24)23-9-3-4-10-23/h5-8,11-12,22H,3-4,9-10H2,1-2H3. The number of thioether (sulfide) groups is 1. The minimum atomic E-state index is -4.01. The fraction of sp³-hybridized carbons (Fsp3) is 0.300. The van der Waals surface area contributed by atoms with Gasteiger partial charge in [0.25, 0.3) is 15.9 Å². The van der Waals surface area contributed by atoms with Crippen molar-refractivity contribution in [3.05, 3.63) is 52.5 Å². The smallest absolute Gasteiger partial charge is 0.339 e. The molecule has 2 aromatic rings. The Balaban J connectivity index is 1.94. The first-order valence-corrected chi connectivity index (χ1v) is 12.2. The van der Waals surface area contributed by atoms with Gasteiger partial charge in [0.1, 0.15) is 0 Å². The number of sulfonamides is 1. The number of nitrogens with zero attached hydrogens (tertiary/aromatic N) is 1. The first-order valence-electron chi connectivity index (χ1n) is 9.15. The third-order valence-electron chi connectivity index (χ3n) is 4.73. The number of halogens is 1. The van der Waals surface area contributed by atoms with Gasteiger partial charge in [-0.05, 0) is 55.5 Å². The van der Waals surface area contributed by atoms with E-state index in [-0.39, 0.29) is 27.1 Å². The van der Waals surface area contributed by atoms with Crippen molar-refractivity contribution in [3.63, 3.8) is 0 Å². The van der Waals surface area contributed by atoms with E-state index in [4.69, 9.17) is 11.6 Å². The molecule has 30 heavy (non-hydrogen) atoms. The number of amides is 1. The first kappa shape index (κ1) is 22.5. The summed E-state index contributed by atoms with van der Waals surface area (Å²) in [7, 11) is -2.80. The Labute approximate surface area is 184 Å². The Bertz CT molecular complexity index is 1080. The molecule has 1 saturated heterocycles. The molecule has 1 N–H and O–H groups in total. The third kappa shape index (κ3) is 4.74. The van der Waals surface area contributed by atoms with Crippen LogP contribution in [0.3, 0.4) is 0 Å². The molecule has 0 spiro atoms. The van der Waals surface area contributed by atoms with Gasteiger partial charge in [-0.15, -0.1) is 11.8 Å². The van der Waals surface area contributed by atoms with E-state index in [1.165, 1.54) is 49.2 Å². The summed E-state index contributed by atoms with van der Waals surface area (Å²) in [4.78, 5) is 27.1. The fourth-order valence-corrected chi connectivity index (χ4v) is 5.02. The number of hydrogen-bond acceptors (Lipinski definition) is 6. The number of ether oxygens (including phenoxy) is 1. The lowest BCUT2D eigenvalue weighted by atomic mass is 10.2. The Hall–Kier alpha value is -2.23. The minimum absolute atomic E-state index is 0.0435. The largest absolute Gasteiger partial charge is 0.465 e. The molecule has 10 heteroatoms.